The van der Waals surface area contributed by atoms with Crippen molar-refractivity contribution < 1.29 is 4.79 Å². The molecule has 2 heteroatoms. The third-order valence-electron chi connectivity index (χ3n) is 1.24. The fraction of sp³-hybridized carbons (Fsp3) is 0.857. The Bertz CT molecular complexity index is 99.1. The molecule has 0 aromatic heterocycles. The van der Waals surface area contributed by atoms with E-state index in [1.807, 2.05) is 20.8 Å². The van der Waals surface area contributed by atoms with Gasteiger partial charge in [0.2, 0.25) is 0 Å². The number of ketones is 1. The number of carbonyl (C=O) groups is 1. The molecule has 0 spiro atoms. The van der Waals surface area contributed by atoms with Gasteiger partial charge in [0.25, 0.3) is 0 Å². The number of alkyl halides is 1. The van der Waals surface area contributed by atoms with Gasteiger partial charge in [-0.15, -0.1) is 11.6 Å². The van der Waals surface area contributed by atoms with Crippen LogP contribution in [-0.4, -0.2) is 11.2 Å². The normalized spacial score (nSPS) is 13.9. The van der Waals surface area contributed by atoms with Crippen molar-refractivity contribution in [3.05, 3.63) is 0 Å². The minimum Gasteiger partial charge on any atom is -0.298 e. The highest BCUT2D eigenvalue weighted by Crippen LogP contribution is 2.11. The van der Waals surface area contributed by atoms with E-state index in [4.69, 9.17) is 11.6 Å². The quantitative estimate of drug-likeness (QED) is 0.561. The fourth-order valence-corrected chi connectivity index (χ4v) is 0.721. The first kappa shape index (κ1) is 8.96. The summed E-state index contributed by atoms with van der Waals surface area (Å²) < 4.78 is 0. The molecule has 0 N–H and O–H groups in total. The van der Waals surface area contributed by atoms with Gasteiger partial charge in [-0.1, -0.05) is 20.8 Å². The van der Waals surface area contributed by atoms with Crippen LogP contribution in [0.1, 0.15) is 27.2 Å². The van der Waals surface area contributed by atoms with E-state index in [9.17, 15) is 4.79 Å². The molecule has 0 aromatic carbocycles. The summed E-state index contributed by atoms with van der Waals surface area (Å²) in [6.45, 7) is 5.73. The summed E-state index contributed by atoms with van der Waals surface area (Å²) in [4.78, 5) is 10.8. The molecule has 0 aromatic rings. The van der Waals surface area contributed by atoms with Gasteiger partial charge < -0.3 is 0 Å². The molecule has 0 radical (unpaired) electrons. The van der Waals surface area contributed by atoms with Crippen LogP contribution in [0.25, 0.3) is 0 Å². The van der Waals surface area contributed by atoms with E-state index < -0.39 is 0 Å². The number of Topliss-reactive ketones (excluding diaryl/α,β-unsaturated/α-hetero) is 1. The first-order valence-electron chi connectivity index (χ1n) is 3.26. The molecule has 0 rings (SSSR count). The molecule has 1 atom stereocenters. The van der Waals surface area contributed by atoms with Gasteiger partial charge in [-0.05, 0) is 5.92 Å². The lowest BCUT2D eigenvalue weighted by Crippen LogP contribution is -2.19. The van der Waals surface area contributed by atoms with Crippen LogP contribution in [0.15, 0.2) is 0 Å². The molecule has 0 aliphatic rings. The Morgan fingerprint density at radius 2 is 2.00 bits per heavy atom. The molecule has 1 nitrogen and oxygen atoms in total. The van der Waals surface area contributed by atoms with Crippen molar-refractivity contribution in [1.82, 2.24) is 0 Å². The van der Waals surface area contributed by atoms with Crippen molar-refractivity contribution in [2.75, 3.05) is 0 Å². The molecule has 0 heterocycles. The minimum absolute atomic E-state index is 0.145. The number of hydrogen-bond acceptors (Lipinski definition) is 1. The second-order valence-electron chi connectivity index (χ2n) is 2.47. The Morgan fingerprint density at radius 3 is 2.11 bits per heavy atom. The molecule has 0 saturated carbocycles. The smallest absolute Gasteiger partial charge is 0.150 e. The molecular weight excluding hydrogens is 136 g/mol. The lowest BCUT2D eigenvalue weighted by Gasteiger charge is -2.09. The number of carbonyl (C=O) groups excluding carboxylic acids is 1. The van der Waals surface area contributed by atoms with Crippen LogP contribution in [0.2, 0.25) is 0 Å². The topological polar surface area (TPSA) is 17.1 Å². The summed E-state index contributed by atoms with van der Waals surface area (Å²) >= 11 is 5.72. The summed E-state index contributed by atoms with van der Waals surface area (Å²) in [6, 6.07) is 0. The molecule has 54 valence electrons. The summed E-state index contributed by atoms with van der Waals surface area (Å²) in [7, 11) is 0. The minimum atomic E-state index is -0.282. The molecule has 1 unspecified atom stereocenters. The van der Waals surface area contributed by atoms with Crippen molar-refractivity contribution in [3.8, 4) is 0 Å². The molecule has 0 amide bonds. The molecule has 9 heavy (non-hydrogen) atoms. The maximum atomic E-state index is 10.8. The largest absolute Gasteiger partial charge is 0.298 e. The van der Waals surface area contributed by atoms with Gasteiger partial charge >= 0.3 is 0 Å². The predicted octanol–water partition coefficient (Wildman–Crippen LogP) is 2.23. The monoisotopic (exact) mass is 148 g/mol. The van der Waals surface area contributed by atoms with Crippen molar-refractivity contribution in [2.45, 2.75) is 32.6 Å². The highest BCUT2D eigenvalue weighted by atomic mass is 35.5. The van der Waals surface area contributed by atoms with Crippen molar-refractivity contribution in [1.29, 1.82) is 0 Å². The van der Waals surface area contributed by atoms with Crippen LogP contribution in [0.4, 0.5) is 0 Å². The van der Waals surface area contributed by atoms with E-state index in [1.54, 1.807) is 0 Å². The highest BCUT2D eigenvalue weighted by molar-refractivity contribution is 6.31. The van der Waals surface area contributed by atoms with Gasteiger partial charge in [0.15, 0.2) is 5.78 Å². The van der Waals surface area contributed by atoms with Crippen LogP contribution in [0, 0.1) is 5.92 Å². The summed E-state index contributed by atoms with van der Waals surface area (Å²) in [6.07, 6.45) is 0.548. The van der Waals surface area contributed by atoms with Crippen molar-refractivity contribution in [3.63, 3.8) is 0 Å². The number of hydrogen-bond donors (Lipinski definition) is 0. The van der Waals surface area contributed by atoms with E-state index in [2.05, 4.69) is 0 Å². The van der Waals surface area contributed by atoms with E-state index in [0.717, 1.165) is 0 Å². The fourth-order valence-electron chi connectivity index (χ4n) is 0.567. The third-order valence-corrected chi connectivity index (χ3v) is 1.99. The summed E-state index contributed by atoms with van der Waals surface area (Å²) in [5.74, 6) is 0.408. The zero-order valence-electron chi connectivity index (χ0n) is 6.15. The van der Waals surface area contributed by atoms with Gasteiger partial charge in [-0.25, -0.2) is 0 Å². The zero-order valence-corrected chi connectivity index (χ0v) is 6.90. The first-order valence-corrected chi connectivity index (χ1v) is 3.70. The van der Waals surface area contributed by atoms with E-state index in [-0.39, 0.29) is 17.1 Å². The number of halogens is 1. The Morgan fingerprint density at radius 1 is 1.56 bits per heavy atom. The molecule has 0 aliphatic heterocycles. The van der Waals surface area contributed by atoms with E-state index in [1.165, 1.54) is 0 Å². The van der Waals surface area contributed by atoms with Crippen molar-refractivity contribution in [2.24, 2.45) is 5.92 Å². The third kappa shape index (κ3) is 2.85. The first-order chi connectivity index (χ1) is 4.09. The van der Waals surface area contributed by atoms with Crippen LogP contribution < -0.4 is 0 Å². The molecule has 0 saturated heterocycles. The second-order valence-corrected chi connectivity index (χ2v) is 2.94. The van der Waals surface area contributed by atoms with Crippen LogP contribution in [-0.2, 0) is 4.79 Å². The Labute approximate surface area is 61.4 Å². The standard InChI is InChI=1S/C7H13ClO/c1-4-6(9)7(8)5(2)3/h5,7H,4H2,1-3H3. The highest BCUT2D eigenvalue weighted by Gasteiger charge is 2.16. The molecular formula is C7H13ClO. The Kier molecular flexibility index (Phi) is 3.87. The Hall–Kier alpha value is -0.0400. The van der Waals surface area contributed by atoms with Crippen LogP contribution >= 0.6 is 11.6 Å². The maximum Gasteiger partial charge on any atom is 0.150 e. The molecule has 0 fully saturated rings. The second kappa shape index (κ2) is 3.89. The average Bonchev–Trinajstić information content (AvgIpc) is 1.84. The SMILES string of the molecule is CCC(=O)C(Cl)C(C)C. The predicted molar refractivity (Wildman–Crippen MR) is 39.8 cm³/mol. The summed E-state index contributed by atoms with van der Waals surface area (Å²) in [5.41, 5.74) is 0. The summed E-state index contributed by atoms with van der Waals surface area (Å²) in [5, 5.41) is -0.282. The Balaban J connectivity index is 3.72. The number of rotatable bonds is 3. The lowest BCUT2D eigenvalue weighted by molar-refractivity contribution is -0.119. The van der Waals surface area contributed by atoms with Gasteiger partial charge in [0, 0.05) is 6.42 Å². The molecule has 0 aliphatic carbocycles. The van der Waals surface area contributed by atoms with Crippen LogP contribution in [0.5, 0.6) is 0 Å². The molecule has 0 bridgehead atoms. The maximum absolute atomic E-state index is 10.8. The lowest BCUT2D eigenvalue weighted by atomic mass is 10.1. The van der Waals surface area contributed by atoms with Gasteiger partial charge in [0.1, 0.15) is 0 Å². The van der Waals surface area contributed by atoms with Crippen LogP contribution in [0.3, 0.4) is 0 Å². The van der Waals surface area contributed by atoms with Gasteiger partial charge in [0.05, 0.1) is 5.38 Å². The van der Waals surface area contributed by atoms with Crippen molar-refractivity contribution >= 4 is 17.4 Å². The zero-order chi connectivity index (χ0) is 7.44. The average molecular weight is 149 g/mol. The van der Waals surface area contributed by atoms with Gasteiger partial charge in [-0.2, -0.15) is 0 Å². The van der Waals surface area contributed by atoms with E-state index >= 15 is 0 Å². The van der Waals surface area contributed by atoms with E-state index in [0.29, 0.717) is 6.42 Å². The van der Waals surface area contributed by atoms with Gasteiger partial charge in [-0.3, -0.25) is 4.79 Å².